The molecule has 1 N–H and O–H groups in total. The van der Waals surface area contributed by atoms with E-state index in [4.69, 9.17) is 0 Å². The summed E-state index contributed by atoms with van der Waals surface area (Å²) < 4.78 is 95.1. The Labute approximate surface area is 212 Å². The Balaban J connectivity index is 1.83. The molecule has 0 unspecified atom stereocenters. The van der Waals surface area contributed by atoms with Gasteiger partial charge in [0.05, 0.1) is 11.4 Å². The van der Waals surface area contributed by atoms with Crippen molar-refractivity contribution in [1.29, 1.82) is 0 Å². The first-order valence-corrected chi connectivity index (χ1v) is 11.3. The summed E-state index contributed by atoms with van der Waals surface area (Å²) in [6.45, 7) is -0.949. The molecule has 2 amide bonds. The van der Waals surface area contributed by atoms with Crippen molar-refractivity contribution in [2.75, 3.05) is 11.4 Å². The summed E-state index contributed by atoms with van der Waals surface area (Å²) >= 11 is 1.86. The molecular weight excluding hydrogens is 612 g/mol. The molecule has 0 bridgehead atoms. The second kappa shape index (κ2) is 9.37. The number of benzene rings is 2. The summed E-state index contributed by atoms with van der Waals surface area (Å²) in [5.74, 6) is -3.96. The normalized spacial score (nSPS) is 14.1. The number of carbonyl (C=O) groups is 2. The van der Waals surface area contributed by atoms with Crippen LogP contribution in [0.1, 0.15) is 27.3 Å². The van der Waals surface area contributed by atoms with Crippen molar-refractivity contribution in [1.82, 2.24) is 15.1 Å². The predicted octanol–water partition coefficient (Wildman–Crippen LogP) is 5.02. The van der Waals surface area contributed by atoms with Crippen LogP contribution in [-0.2, 0) is 23.9 Å². The number of anilines is 1. The SMILES string of the molecule is O=C1c2c(c(C(F)(F)F)nn2-c2ccccc2CNC(=O)C(F)(F)F)CCN1c1ccc(I)cc1F. The number of aromatic nitrogens is 2. The maximum absolute atomic E-state index is 14.6. The van der Waals surface area contributed by atoms with Crippen LogP contribution in [0.5, 0.6) is 0 Å². The first kappa shape index (κ1) is 25.9. The lowest BCUT2D eigenvalue weighted by Crippen LogP contribution is -2.39. The van der Waals surface area contributed by atoms with Crippen molar-refractivity contribution in [3.8, 4) is 5.69 Å². The number of halogens is 8. The Hall–Kier alpha value is -3.17. The number of nitrogens with zero attached hydrogens (tertiary/aromatic N) is 3. The zero-order valence-electron chi connectivity index (χ0n) is 17.8. The van der Waals surface area contributed by atoms with Gasteiger partial charge < -0.3 is 10.2 Å². The fourth-order valence-corrected chi connectivity index (χ4v) is 4.29. The Morgan fingerprint density at radius 1 is 1.06 bits per heavy atom. The molecule has 0 radical (unpaired) electrons. The molecule has 0 fully saturated rings. The van der Waals surface area contributed by atoms with Gasteiger partial charge in [-0.1, -0.05) is 18.2 Å². The minimum Gasteiger partial charge on any atom is -0.344 e. The van der Waals surface area contributed by atoms with Gasteiger partial charge in [0.1, 0.15) is 11.5 Å². The van der Waals surface area contributed by atoms with Gasteiger partial charge in [-0.2, -0.15) is 31.4 Å². The fraction of sp³-hybridized carbons (Fsp3) is 0.227. The number of carbonyl (C=O) groups excluding carboxylic acids is 2. The molecule has 6 nitrogen and oxygen atoms in total. The van der Waals surface area contributed by atoms with Gasteiger partial charge in [-0.15, -0.1) is 0 Å². The molecule has 36 heavy (non-hydrogen) atoms. The zero-order chi connectivity index (χ0) is 26.4. The third-order valence-corrected chi connectivity index (χ3v) is 6.07. The highest BCUT2D eigenvalue weighted by Gasteiger charge is 2.44. The van der Waals surface area contributed by atoms with Gasteiger partial charge in [0.25, 0.3) is 5.91 Å². The third kappa shape index (κ3) is 4.90. The first-order valence-electron chi connectivity index (χ1n) is 10.2. The van der Waals surface area contributed by atoms with Gasteiger partial charge in [-0.25, -0.2) is 9.07 Å². The number of amides is 2. The summed E-state index contributed by atoms with van der Waals surface area (Å²) in [4.78, 5) is 25.7. The topological polar surface area (TPSA) is 67.2 Å². The average Bonchev–Trinajstić information content (AvgIpc) is 3.19. The molecule has 0 saturated heterocycles. The van der Waals surface area contributed by atoms with Crippen molar-refractivity contribution in [3.63, 3.8) is 0 Å². The van der Waals surface area contributed by atoms with Gasteiger partial charge in [0.15, 0.2) is 5.69 Å². The van der Waals surface area contributed by atoms with E-state index in [2.05, 4.69) is 5.10 Å². The van der Waals surface area contributed by atoms with Gasteiger partial charge in [0.2, 0.25) is 0 Å². The number of rotatable bonds is 4. The molecule has 0 spiro atoms. The lowest BCUT2D eigenvalue weighted by Gasteiger charge is -2.28. The Kier molecular flexibility index (Phi) is 6.74. The van der Waals surface area contributed by atoms with Gasteiger partial charge in [-0.3, -0.25) is 9.59 Å². The number of hydrogen-bond acceptors (Lipinski definition) is 3. The average molecular weight is 626 g/mol. The number of alkyl halides is 6. The molecule has 0 saturated carbocycles. The van der Waals surface area contributed by atoms with Gasteiger partial charge >= 0.3 is 18.3 Å². The number of para-hydroxylation sites is 1. The van der Waals surface area contributed by atoms with Crippen molar-refractivity contribution in [2.24, 2.45) is 0 Å². The lowest BCUT2D eigenvalue weighted by molar-refractivity contribution is -0.173. The summed E-state index contributed by atoms with van der Waals surface area (Å²) in [5.41, 5.74) is -2.56. The zero-order valence-corrected chi connectivity index (χ0v) is 20.0. The monoisotopic (exact) mass is 626 g/mol. The van der Waals surface area contributed by atoms with E-state index in [1.807, 2.05) is 22.6 Å². The Morgan fingerprint density at radius 2 is 1.75 bits per heavy atom. The van der Waals surface area contributed by atoms with E-state index in [1.54, 1.807) is 5.32 Å². The molecule has 2 aromatic carbocycles. The molecule has 1 aliphatic rings. The number of hydrogen-bond donors (Lipinski definition) is 1. The molecule has 1 aliphatic heterocycles. The van der Waals surface area contributed by atoms with E-state index in [9.17, 15) is 40.3 Å². The number of nitrogens with one attached hydrogen (secondary N) is 1. The van der Waals surface area contributed by atoms with Crippen LogP contribution in [0.4, 0.5) is 36.4 Å². The van der Waals surface area contributed by atoms with Gasteiger partial charge in [-0.05, 0) is 58.8 Å². The van der Waals surface area contributed by atoms with Crippen molar-refractivity contribution in [3.05, 3.63) is 74.4 Å². The van der Waals surface area contributed by atoms with Crippen LogP contribution < -0.4 is 10.2 Å². The molecule has 1 aromatic heterocycles. The highest BCUT2D eigenvalue weighted by molar-refractivity contribution is 14.1. The second-order valence-corrected chi connectivity index (χ2v) is 8.94. The molecule has 0 aliphatic carbocycles. The van der Waals surface area contributed by atoms with Crippen LogP contribution in [-0.4, -0.2) is 34.3 Å². The van der Waals surface area contributed by atoms with Crippen LogP contribution in [0.2, 0.25) is 0 Å². The second-order valence-electron chi connectivity index (χ2n) is 7.70. The lowest BCUT2D eigenvalue weighted by atomic mass is 10.0. The summed E-state index contributed by atoms with van der Waals surface area (Å²) in [6.07, 6.45) is -10.4. The highest BCUT2D eigenvalue weighted by atomic mass is 127. The van der Waals surface area contributed by atoms with Crippen LogP contribution in [0.15, 0.2) is 42.5 Å². The molecule has 190 valence electrons. The Morgan fingerprint density at radius 3 is 2.39 bits per heavy atom. The first-order chi connectivity index (χ1) is 16.8. The largest absolute Gasteiger partial charge is 0.471 e. The molecule has 3 aromatic rings. The standard InChI is InChI=1S/C22H14F7IN4O2/c23-14-9-12(30)5-6-16(14)33-8-7-13-17(19(33)35)34(32-18(13)21(24,25)26)15-4-2-1-3-11(15)10-31-20(36)22(27,28)29/h1-6,9H,7-8,10H2,(H,31,36). The van der Waals surface area contributed by atoms with E-state index in [1.165, 1.54) is 36.4 Å². The highest BCUT2D eigenvalue weighted by Crippen LogP contribution is 2.38. The predicted molar refractivity (Wildman–Crippen MR) is 121 cm³/mol. The summed E-state index contributed by atoms with van der Waals surface area (Å²) in [7, 11) is 0. The molecular formula is C22H14F7IN4O2. The van der Waals surface area contributed by atoms with E-state index < -0.39 is 53.5 Å². The Bertz CT molecular complexity index is 1350. The summed E-state index contributed by atoms with van der Waals surface area (Å²) in [6, 6.07) is 9.32. The van der Waals surface area contributed by atoms with Crippen molar-refractivity contribution in [2.45, 2.75) is 25.3 Å². The van der Waals surface area contributed by atoms with Crippen LogP contribution in [0.3, 0.4) is 0 Å². The minimum atomic E-state index is -5.17. The van der Waals surface area contributed by atoms with Crippen LogP contribution >= 0.6 is 22.6 Å². The molecule has 2 heterocycles. The van der Waals surface area contributed by atoms with Crippen LogP contribution in [0.25, 0.3) is 5.69 Å². The number of fused-ring (bicyclic) bond motifs is 1. The van der Waals surface area contributed by atoms with Crippen molar-refractivity contribution < 1.29 is 40.3 Å². The van der Waals surface area contributed by atoms with E-state index in [0.717, 1.165) is 11.0 Å². The molecule has 0 atom stereocenters. The smallest absolute Gasteiger partial charge is 0.344 e. The molecule has 14 heteroatoms. The van der Waals surface area contributed by atoms with Crippen molar-refractivity contribution >= 4 is 40.1 Å². The van der Waals surface area contributed by atoms with E-state index in [0.29, 0.717) is 8.25 Å². The summed E-state index contributed by atoms with van der Waals surface area (Å²) in [5, 5.41) is 5.25. The fourth-order valence-electron chi connectivity index (χ4n) is 3.83. The van der Waals surface area contributed by atoms with E-state index >= 15 is 0 Å². The van der Waals surface area contributed by atoms with Gasteiger partial charge in [0, 0.05) is 22.2 Å². The maximum atomic E-state index is 14.6. The maximum Gasteiger partial charge on any atom is 0.471 e. The quantitative estimate of drug-likeness (QED) is 0.327. The third-order valence-electron chi connectivity index (χ3n) is 5.40. The minimum absolute atomic E-state index is 0.0282. The van der Waals surface area contributed by atoms with E-state index in [-0.39, 0.29) is 29.9 Å². The van der Waals surface area contributed by atoms with Crippen LogP contribution in [0, 0.1) is 9.39 Å². The molecule has 4 rings (SSSR count).